The average molecular weight is 316 g/mol. The quantitative estimate of drug-likeness (QED) is 0.732. The zero-order valence-electron chi connectivity index (χ0n) is 13.0. The molecular formula is C17H20N2O4. The lowest BCUT2D eigenvalue weighted by molar-refractivity contribution is -0.116. The molecule has 0 bridgehead atoms. The molecule has 0 saturated carbocycles. The van der Waals surface area contributed by atoms with E-state index in [9.17, 15) is 9.90 Å². The molecule has 2 aromatic rings. The molecule has 0 unspecified atom stereocenters. The molecule has 1 heterocycles. The van der Waals surface area contributed by atoms with Crippen LogP contribution in [0.4, 0.5) is 5.82 Å². The third-order valence-electron chi connectivity index (χ3n) is 3.00. The van der Waals surface area contributed by atoms with Crippen LogP contribution in [0.5, 0.6) is 17.2 Å². The second-order valence-corrected chi connectivity index (χ2v) is 4.78. The second-order valence-electron chi connectivity index (χ2n) is 4.78. The summed E-state index contributed by atoms with van der Waals surface area (Å²) in [5, 5.41) is 12.1. The van der Waals surface area contributed by atoms with Crippen molar-refractivity contribution in [2.24, 2.45) is 0 Å². The van der Waals surface area contributed by atoms with Gasteiger partial charge in [0, 0.05) is 12.6 Å². The Morgan fingerprint density at radius 1 is 1.17 bits per heavy atom. The number of aromatic nitrogens is 1. The van der Waals surface area contributed by atoms with Crippen LogP contribution in [-0.4, -0.2) is 29.2 Å². The van der Waals surface area contributed by atoms with Crippen LogP contribution in [0.1, 0.15) is 19.8 Å². The number of amides is 1. The predicted octanol–water partition coefficient (Wildman–Crippen LogP) is 2.98. The van der Waals surface area contributed by atoms with Crippen LogP contribution in [0.2, 0.25) is 0 Å². The van der Waals surface area contributed by atoms with Crippen molar-refractivity contribution < 1.29 is 19.4 Å². The lowest BCUT2D eigenvalue weighted by Crippen LogP contribution is -2.13. The van der Waals surface area contributed by atoms with Crippen molar-refractivity contribution >= 4 is 11.7 Å². The van der Waals surface area contributed by atoms with E-state index in [1.165, 1.54) is 12.3 Å². The van der Waals surface area contributed by atoms with Gasteiger partial charge in [-0.1, -0.05) is 0 Å². The summed E-state index contributed by atoms with van der Waals surface area (Å²) >= 11 is 0. The van der Waals surface area contributed by atoms with Crippen LogP contribution < -0.4 is 14.8 Å². The molecule has 0 fully saturated rings. The summed E-state index contributed by atoms with van der Waals surface area (Å²) in [4.78, 5) is 15.7. The van der Waals surface area contributed by atoms with E-state index in [0.717, 1.165) is 11.5 Å². The number of aromatic hydroxyl groups is 1. The summed E-state index contributed by atoms with van der Waals surface area (Å²) in [6.45, 7) is 2.98. The molecular weight excluding hydrogens is 296 g/mol. The molecule has 6 heteroatoms. The topological polar surface area (TPSA) is 80.7 Å². The Hall–Kier alpha value is -2.76. The SMILES string of the molecule is CCOc1ccc(OCCCC(=O)Nc2ncccc2O)cc1. The standard InChI is InChI=1S/C17H20N2O4/c1-2-22-13-7-9-14(10-8-13)23-12-4-6-16(21)19-17-15(20)5-3-11-18-17/h3,5,7-11,20H,2,4,6,12H2,1H3,(H,18,19,21). The molecule has 0 aliphatic carbocycles. The normalized spacial score (nSPS) is 10.1. The van der Waals surface area contributed by atoms with E-state index in [1.807, 2.05) is 31.2 Å². The molecule has 6 nitrogen and oxygen atoms in total. The minimum Gasteiger partial charge on any atom is -0.504 e. The van der Waals surface area contributed by atoms with E-state index in [4.69, 9.17) is 9.47 Å². The summed E-state index contributed by atoms with van der Waals surface area (Å²) in [5.74, 6) is 1.44. The van der Waals surface area contributed by atoms with Gasteiger partial charge in [-0.3, -0.25) is 4.79 Å². The predicted molar refractivity (Wildman–Crippen MR) is 86.9 cm³/mol. The summed E-state index contributed by atoms with van der Waals surface area (Å²) in [5.41, 5.74) is 0. The first-order valence-electron chi connectivity index (χ1n) is 7.48. The van der Waals surface area contributed by atoms with Crippen LogP contribution in [0, 0.1) is 0 Å². The average Bonchev–Trinajstić information content (AvgIpc) is 2.55. The van der Waals surface area contributed by atoms with Crippen LogP contribution in [0.15, 0.2) is 42.6 Å². The fourth-order valence-corrected chi connectivity index (χ4v) is 1.91. The van der Waals surface area contributed by atoms with Crippen molar-refractivity contribution in [3.05, 3.63) is 42.6 Å². The van der Waals surface area contributed by atoms with Crippen molar-refractivity contribution in [3.63, 3.8) is 0 Å². The smallest absolute Gasteiger partial charge is 0.225 e. The number of carbonyl (C=O) groups is 1. The maximum absolute atomic E-state index is 11.8. The Morgan fingerprint density at radius 3 is 2.52 bits per heavy atom. The van der Waals surface area contributed by atoms with E-state index in [1.54, 1.807) is 6.07 Å². The van der Waals surface area contributed by atoms with Gasteiger partial charge in [0.1, 0.15) is 11.5 Å². The van der Waals surface area contributed by atoms with E-state index >= 15 is 0 Å². The molecule has 1 aromatic carbocycles. The summed E-state index contributed by atoms with van der Waals surface area (Å²) in [7, 11) is 0. The highest BCUT2D eigenvalue weighted by Crippen LogP contribution is 2.19. The van der Waals surface area contributed by atoms with Gasteiger partial charge in [0.15, 0.2) is 11.6 Å². The largest absolute Gasteiger partial charge is 0.504 e. The molecule has 122 valence electrons. The van der Waals surface area contributed by atoms with Gasteiger partial charge in [0.05, 0.1) is 13.2 Å². The molecule has 2 rings (SSSR count). The van der Waals surface area contributed by atoms with E-state index < -0.39 is 0 Å². The highest BCUT2D eigenvalue weighted by Gasteiger charge is 2.07. The molecule has 0 saturated heterocycles. The number of ether oxygens (including phenoxy) is 2. The van der Waals surface area contributed by atoms with Crippen molar-refractivity contribution in [1.82, 2.24) is 4.98 Å². The molecule has 1 amide bonds. The third kappa shape index (κ3) is 5.50. The lowest BCUT2D eigenvalue weighted by atomic mass is 10.3. The second kappa shape index (κ2) is 8.63. The monoisotopic (exact) mass is 316 g/mol. The Morgan fingerprint density at radius 2 is 1.87 bits per heavy atom. The lowest BCUT2D eigenvalue weighted by Gasteiger charge is -2.08. The highest BCUT2D eigenvalue weighted by atomic mass is 16.5. The molecule has 1 aromatic heterocycles. The Labute approximate surface area is 135 Å². The van der Waals surface area contributed by atoms with Gasteiger partial charge in [0.2, 0.25) is 5.91 Å². The molecule has 0 atom stereocenters. The number of anilines is 1. The molecule has 0 radical (unpaired) electrons. The first-order valence-corrected chi connectivity index (χ1v) is 7.48. The van der Waals surface area contributed by atoms with Gasteiger partial charge in [0.25, 0.3) is 0 Å². The fraction of sp³-hybridized carbons (Fsp3) is 0.294. The number of hydrogen-bond acceptors (Lipinski definition) is 5. The molecule has 23 heavy (non-hydrogen) atoms. The number of nitrogens with one attached hydrogen (secondary N) is 1. The van der Waals surface area contributed by atoms with Gasteiger partial charge in [-0.25, -0.2) is 4.98 Å². The Bertz CT molecular complexity index is 629. The van der Waals surface area contributed by atoms with Crippen molar-refractivity contribution in [3.8, 4) is 17.2 Å². The molecule has 2 N–H and O–H groups in total. The number of pyridine rings is 1. The zero-order valence-corrected chi connectivity index (χ0v) is 13.0. The number of carbonyl (C=O) groups excluding carboxylic acids is 1. The van der Waals surface area contributed by atoms with Crippen LogP contribution in [-0.2, 0) is 4.79 Å². The van der Waals surface area contributed by atoms with Gasteiger partial charge < -0.3 is 19.9 Å². The maximum Gasteiger partial charge on any atom is 0.225 e. The number of hydrogen-bond donors (Lipinski definition) is 2. The first-order chi connectivity index (χ1) is 11.2. The van der Waals surface area contributed by atoms with Gasteiger partial charge in [-0.2, -0.15) is 0 Å². The van der Waals surface area contributed by atoms with Gasteiger partial charge in [-0.15, -0.1) is 0 Å². The number of rotatable bonds is 8. The molecule has 0 aliphatic rings. The van der Waals surface area contributed by atoms with E-state index in [0.29, 0.717) is 19.6 Å². The fourth-order valence-electron chi connectivity index (χ4n) is 1.91. The minimum atomic E-state index is -0.214. The minimum absolute atomic E-state index is 0.0495. The van der Waals surface area contributed by atoms with Crippen molar-refractivity contribution in [2.45, 2.75) is 19.8 Å². The van der Waals surface area contributed by atoms with Crippen molar-refractivity contribution in [1.29, 1.82) is 0 Å². The third-order valence-corrected chi connectivity index (χ3v) is 3.00. The molecule has 0 spiro atoms. The Kier molecular flexibility index (Phi) is 6.23. The van der Waals surface area contributed by atoms with Crippen LogP contribution in [0.25, 0.3) is 0 Å². The maximum atomic E-state index is 11.8. The zero-order chi connectivity index (χ0) is 16.5. The number of nitrogens with zero attached hydrogens (tertiary/aromatic N) is 1. The highest BCUT2D eigenvalue weighted by molar-refractivity contribution is 5.90. The van der Waals surface area contributed by atoms with Gasteiger partial charge in [-0.05, 0) is 49.7 Å². The number of benzene rings is 1. The van der Waals surface area contributed by atoms with E-state index in [2.05, 4.69) is 10.3 Å². The summed E-state index contributed by atoms with van der Waals surface area (Å²) in [6, 6.07) is 10.4. The van der Waals surface area contributed by atoms with Crippen LogP contribution >= 0.6 is 0 Å². The summed E-state index contributed by atoms with van der Waals surface area (Å²) < 4.78 is 10.9. The molecule has 0 aliphatic heterocycles. The van der Waals surface area contributed by atoms with E-state index in [-0.39, 0.29) is 23.9 Å². The van der Waals surface area contributed by atoms with Crippen LogP contribution in [0.3, 0.4) is 0 Å². The first kappa shape index (κ1) is 16.6. The van der Waals surface area contributed by atoms with Gasteiger partial charge >= 0.3 is 0 Å². The Balaban J connectivity index is 1.68. The van der Waals surface area contributed by atoms with Crippen molar-refractivity contribution in [2.75, 3.05) is 18.5 Å². The summed E-state index contributed by atoms with van der Waals surface area (Å²) in [6.07, 6.45) is 2.35.